The standard InChI is InChI=1S/C12H24Br2O4S/c1-11(2,5-7-13)9(15)19(17,18)10(16)12(3,4)6-8-14/h9-10,15-16H,5-8H2,1-4H3. The Morgan fingerprint density at radius 2 is 1.16 bits per heavy atom. The molecular weight excluding hydrogens is 400 g/mol. The van der Waals surface area contributed by atoms with Gasteiger partial charge in [-0.05, 0) is 12.8 Å². The minimum atomic E-state index is -4.03. The number of rotatable bonds is 8. The van der Waals surface area contributed by atoms with Crippen LogP contribution in [0.5, 0.6) is 0 Å². The molecule has 2 N–H and O–H groups in total. The minimum Gasteiger partial charge on any atom is -0.376 e. The van der Waals surface area contributed by atoms with Gasteiger partial charge in [-0.25, -0.2) is 8.42 Å². The number of aliphatic hydroxyl groups is 2. The van der Waals surface area contributed by atoms with Gasteiger partial charge in [-0.1, -0.05) is 59.6 Å². The monoisotopic (exact) mass is 422 g/mol. The van der Waals surface area contributed by atoms with E-state index >= 15 is 0 Å². The summed E-state index contributed by atoms with van der Waals surface area (Å²) in [5, 5.41) is 21.5. The third-order valence-electron chi connectivity index (χ3n) is 3.44. The molecule has 0 fully saturated rings. The van der Waals surface area contributed by atoms with Crippen LogP contribution in [0.4, 0.5) is 0 Å². The van der Waals surface area contributed by atoms with Gasteiger partial charge in [-0.3, -0.25) is 0 Å². The van der Waals surface area contributed by atoms with Crippen LogP contribution in [-0.2, 0) is 9.84 Å². The second kappa shape index (κ2) is 7.20. The van der Waals surface area contributed by atoms with Crippen molar-refractivity contribution in [1.29, 1.82) is 0 Å². The summed E-state index contributed by atoms with van der Waals surface area (Å²) in [7, 11) is -4.03. The van der Waals surface area contributed by atoms with E-state index in [0.717, 1.165) is 0 Å². The van der Waals surface area contributed by atoms with Gasteiger partial charge in [0.1, 0.15) is 0 Å². The van der Waals surface area contributed by atoms with Crippen LogP contribution in [0.25, 0.3) is 0 Å². The summed E-state index contributed by atoms with van der Waals surface area (Å²) in [5.41, 5.74) is -4.79. The lowest BCUT2D eigenvalue weighted by Crippen LogP contribution is -2.47. The minimum absolute atomic E-state index is 0.499. The topological polar surface area (TPSA) is 74.6 Å². The van der Waals surface area contributed by atoms with Gasteiger partial charge in [0.05, 0.1) is 0 Å². The average molecular weight is 424 g/mol. The molecule has 0 aromatic heterocycles. The third-order valence-corrected chi connectivity index (χ3v) is 6.75. The highest BCUT2D eigenvalue weighted by Gasteiger charge is 2.46. The molecule has 0 aliphatic heterocycles. The zero-order chi connectivity index (χ0) is 15.5. The number of hydrogen-bond acceptors (Lipinski definition) is 4. The van der Waals surface area contributed by atoms with E-state index < -0.39 is 31.5 Å². The van der Waals surface area contributed by atoms with Crippen molar-refractivity contribution in [2.75, 3.05) is 10.7 Å². The Morgan fingerprint density at radius 1 is 0.895 bits per heavy atom. The van der Waals surface area contributed by atoms with Gasteiger partial charge < -0.3 is 10.2 Å². The van der Waals surface area contributed by atoms with Gasteiger partial charge in [0.2, 0.25) is 9.84 Å². The lowest BCUT2D eigenvalue weighted by molar-refractivity contribution is 0.0806. The fourth-order valence-electron chi connectivity index (χ4n) is 1.75. The smallest absolute Gasteiger partial charge is 0.204 e. The highest BCUT2D eigenvalue weighted by Crippen LogP contribution is 2.36. The molecule has 0 amide bonds. The molecule has 116 valence electrons. The number of sulfone groups is 1. The van der Waals surface area contributed by atoms with Gasteiger partial charge in [0, 0.05) is 21.5 Å². The Bertz CT molecular complexity index is 349. The van der Waals surface area contributed by atoms with Crippen molar-refractivity contribution in [3.05, 3.63) is 0 Å². The molecule has 0 aliphatic rings. The van der Waals surface area contributed by atoms with Crippen molar-refractivity contribution in [3.63, 3.8) is 0 Å². The fraction of sp³-hybridized carbons (Fsp3) is 1.00. The van der Waals surface area contributed by atoms with Crippen molar-refractivity contribution >= 4 is 41.7 Å². The maximum atomic E-state index is 12.3. The molecule has 2 atom stereocenters. The zero-order valence-electron chi connectivity index (χ0n) is 11.9. The maximum Gasteiger partial charge on any atom is 0.204 e. The normalized spacial score (nSPS) is 17.3. The zero-order valence-corrected chi connectivity index (χ0v) is 15.8. The summed E-state index contributed by atoms with van der Waals surface area (Å²) in [4.78, 5) is 0. The summed E-state index contributed by atoms with van der Waals surface area (Å²) in [5.74, 6) is 0. The molecule has 0 heterocycles. The maximum absolute atomic E-state index is 12.3. The second-order valence-corrected chi connectivity index (χ2v) is 9.81. The van der Waals surface area contributed by atoms with E-state index in [4.69, 9.17) is 0 Å². The number of halogens is 2. The first-order valence-corrected chi connectivity index (χ1v) is 9.99. The van der Waals surface area contributed by atoms with Gasteiger partial charge in [-0.15, -0.1) is 0 Å². The second-order valence-electron chi connectivity index (χ2n) is 6.15. The SMILES string of the molecule is CC(C)(CCBr)C(O)S(=O)(=O)C(O)C(C)(C)CCBr. The fourth-order valence-corrected chi connectivity index (χ4v) is 6.05. The Balaban J connectivity index is 5.28. The average Bonchev–Trinajstić information content (AvgIpc) is 2.26. The first kappa shape index (κ1) is 19.8. The van der Waals surface area contributed by atoms with E-state index in [-0.39, 0.29) is 0 Å². The van der Waals surface area contributed by atoms with E-state index in [1.807, 2.05) is 0 Å². The summed E-state index contributed by atoms with van der Waals surface area (Å²) in [6, 6.07) is 0. The molecule has 7 heteroatoms. The number of alkyl halides is 2. The Kier molecular flexibility index (Phi) is 7.52. The van der Waals surface area contributed by atoms with Crippen molar-refractivity contribution in [2.24, 2.45) is 10.8 Å². The Labute approximate surface area is 133 Å². The van der Waals surface area contributed by atoms with Gasteiger partial charge in [-0.2, -0.15) is 0 Å². The lowest BCUT2D eigenvalue weighted by atomic mass is 9.91. The third kappa shape index (κ3) is 4.95. The van der Waals surface area contributed by atoms with Crippen molar-refractivity contribution in [1.82, 2.24) is 0 Å². The van der Waals surface area contributed by atoms with E-state index in [9.17, 15) is 18.6 Å². The Morgan fingerprint density at radius 3 is 1.37 bits per heavy atom. The van der Waals surface area contributed by atoms with Crippen LogP contribution in [0.1, 0.15) is 40.5 Å². The van der Waals surface area contributed by atoms with E-state index in [1.54, 1.807) is 27.7 Å². The molecular formula is C12H24Br2O4S. The van der Waals surface area contributed by atoms with Gasteiger partial charge in [0.25, 0.3) is 0 Å². The van der Waals surface area contributed by atoms with Crippen LogP contribution in [0, 0.1) is 10.8 Å². The predicted molar refractivity (Wildman–Crippen MR) is 85.3 cm³/mol. The lowest BCUT2D eigenvalue weighted by Gasteiger charge is -2.36. The molecule has 0 spiro atoms. The van der Waals surface area contributed by atoms with Crippen LogP contribution in [-0.4, -0.2) is 40.2 Å². The highest BCUT2D eigenvalue weighted by molar-refractivity contribution is 9.09. The number of aliphatic hydroxyl groups excluding tert-OH is 2. The predicted octanol–water partition coefficient (Wildman–Crippen LogP) is 2.66. The molecule has 0 aliphatic carbocycles. The summed E-state index contributed by atoms with van der Waals surface area (Å²) in [6.07, 6.45) is 0.998. The Hall–Kier alpha value is 0.830. The van der Waals surface area contributed by atoms with Crippen LogP contribution in [0.3, 0.4) is 0 Å². The van der Waals surface area contributed by atoms with E-state index in [0.29, 0.717) is 23.5 Å². The summed E-state index contributed by atoms with van der Waals surface area (Å²) < 4.78 is 24.7. The van der Waals surface area contributed by atoms with Gasteiger partial charge >= 0.3 is 0 Å². The molecule has 19 heavy (non-hydrogen) atoms. The largest absolute Gasteiger partial charge is 0.376 e. The molecule has 0 aromatic carbocycles. The van der Waals surface area contributed by atoms with Gasteiger partial charge in [0.15, 0.2) is 10.9 Å². The van der Waals surface area contributed by atoms with E-state index in [1.165, 1.54) is 0 Å². The molecule has 2 unspecified atom stereocenters. The molecule has 0 radical (unpaired) electrons. The highest BCUT2D eigenvalue weighted by atomic mass is 79.9. The molecule has 0 saturated carbocycles. The van der Waals surface area contributed by atoms with Crippen LogP contribution >= 0.6 is 31.9 Å². The summed E-state index contributed by atoms with van der Waals surface area (Å²) in [6.45, 7) is 6.72. The summed E-state index contributed by atoms with van der Waals surface area (Å²) >= 11 is 6.49. The molecule has 4 nitrogen and oxygen atoms in total. The number of hydrogen-bond donors (Lipinski definition) is 2. The van der Waals surface area contributed by atoms with Crippen LogP contribution < -0.4 is 0 Å². The first-order valence-electron chi connectivity index (χ1n) is 6.14. The molecule has 0 aromatic rings. The molecule has 0 rings (SSSR count). The van der Waals surface area contributed by atoms with Crippen LogP contribution in [0.15, 0.2) is 0 Å². The molecule has 0 saturated heterocycles. The van der Waals surface area contributed by atoms with Crippen molar-refractivity contribution in [2.45, 2.75) is 51.4 Å². The quantitative estimate of drug-likeness (QED) is 0.588. The van der Waals surface area contributed by atoms with E-state index in [2.05, 4.69) is 31.9 Å². The van der Waals surface area contributed by atoms with Crippen LogP contribution in [0.2, 0.25) is 0 Å². The molecule has 0 bridgehead atoms. The van der Waals surface area contributed by atoms with Crippen molar-refractivity contribution in [3.8, 4) is 0 Å². The first-order chi connectivity index (χ1) is 8.43. The van der Waals surface area contributed by atoms with Crippen molar-refractivity contribution < 1.29 is 18.6 Å².